The van der Waals surface area contributed by atoms with E-state index in [2.05, 4.69) is 5.32 Å². The zero-order chi connectivity index (χ0) is 23.4. The monoisotopic (exact) mass is 457 g/mol. The molecule has 1 amide bonds. The molecule has 0 fully saturated rings. The highest BCUT2D eigenvalue weighted by Gasteiger charge is 2.21. The first-order valence-electron chi connectivity index (χ1n) is 10.1. The minimum absolute atomic E-state index is 0.0450. The fourth-order valence-corrected chi connectivity index (χ4v) is 3.77. The van der Waals surface area contributed by atoms with Crippen LogP contribution in [0.2, 0.25) is 5.02 Å². The summed E-state index contributed by atoms with van der Waals surface area (Å²) in [4.78, 5) is 36.6. The van der Waals surface area contributed by atoms with Crippen LogP contribution in [0.5, 0.6) is 5.75 Å². The Morgan fingerprint density at radius 1 is 1.12 bits per heavy atom. The summed E-state index contributed by atoms with van der Waals surface area (Å²) in [6.07, 6.45) is 0.210. The molecule has 32 heavy (non-hydrogen) atoms. The van der Waals surface area contributed by atoms with Crippen molar-refractivity contribution in [3.8, 4) is 5.75 Å². The number of carboxylic acids is 1. The van der Waals surface area contributed by atoms with Crippen molar-refractivity contribution in [3.05, 3.63) is 74.1 Å². The average molecular weight is 458 g/mol. The van der Waals surface area contributed by atoms with Crippen LogP contribution in [0.4, 0.5) is 0 Å². The van der Waals surface area contributed by atoms with Crippen molar-refractivity contribution in [3.63, 3.8) is 0 Å². The van der Waals surface area contributed by atoms with Crippen LogP contribution in [0, 0.1) is 13.8 Å². The Bertz CT molecular complexity index is 1220. The number of aliphatic carboxylic acids is 1. The van der Waals surface area contributed by atoms with Gasteiger partial charge in [0.05, 0.1) is 7.11 Å². The summed E-state index contributed by atoms with van der Waals surface area (Å²) < 4.78 is 10.8. The minimum Gasteiger partial charge on any atom is -0.496 e. The van der Waals surface area contributed by atoms with E-state index < -0.39 is 23.5 Å². The summed E-state index contributed by atoms with van der Waals surface area (Å²) in [5.41, 5.74) is 2.51. The molecule has 0 saturated carbocycles. The second kappa shape index (κ2) is 9.87. The molecule has 1 aromatic heterocycles. The number of benzene rings is 2. The Balaban J connectivity index is 1.73. The fourth-order valence-electron chi connectivity index (χ4n) is 3.64. The molecule has 7 nitrogen and oxygen atoms in total. The predicted molar refractivity (Wildman–Crippen MR) is 122 cm³/mol. The van der Waals surface area contributed by atoms with Crippen LogP contribution in [0.15, 0.2) is 45.6 Å². The molecule has 2 aromatic carbocycles. The van der Waals surface area contributed by atoms with Crippen LogP contribution in [-0.4, -0.2) is 30.1 Å². The molecule has 1 heterocycles. The maximum absolute atomic E-state index is 12.6. The summed E-state index contributed by atoms with van der Waals surface area (Å²) in [6.45, 7) is 3.61. The molecule has 0 spiro atoms. The van der Waals surface area contributed by atoms with Crippen molar-refractivity contribution < 1.29 is 23.8 Å². The molecule has 0 aliphatic heterocycles. The quantitative estimate of drug-likeness (QED) is 0.498. The molecule has 8 heteroatoms. The van der Waals surface area contributed by atoms with Gasteiger partial charge < -0.3 is 19.6 Å². The van der Waals surface area contributed by atoms with Crippen molar-refractivity contribution in [2.75, 3.05) is 7.11 Å². The first-order chi connectivity index (χ1) is 15.2. The van der Waals surface area contributed by atoms with Crippen molar-refractivity contribution >= 4 is 34.4 Å². The average Bonchev–Trinajstić information content (AvgIpc) is 2.75. The van der Waals surface area contributed by atoms with E-state index in [1.54, 1.807) is 44.4 Å². The molecule has 0 radical (unpaired) electrons. The topological polar surface area (TPSA) is 106 Å². The summed E-state index contributed by atoms with van der Waals surface area (Å²) in [5.74, 6) is -0.983. The van der Waals surface area contributed by atoms with Crippen molar-refractivity contribution in [2.45, 2.75) is 39.2 Å². The van der Waals surface area contributed by atoms with Gasteiger partial charge in [-0.05, 0) is 55.7 Å². The number of rotatable bonds is 8. The molecule has 3 aromatic rings. The highest BCUT2D eigenvalue weighted by Crippen LogP contribution is 2.29. The maximum Gasteiger partial charge on any atom is 0.339 e. The van der Waals surface area contributed by atoms with Crippen molar-refractivity contribution in [1.82, 2.24) is 5.32 Å². The van der Waals surface area contributed by atoms with Gasteiger partial charge in [0.15, 0.2) is 0 Å². The lowest BCUT2D eigenvalue weighted by atomic mass is 10.00. The molecule has 168 valence electrons. The number of amides is 1. The van der Waals surface area contributed by atoms with Gasteiger partial charge >= 0.3 is 11.6 Å². The van der Waals surface area contributed by atoms with Crippen LogP contribution in [0.1, 0.15) is 28.7 Å². The van der Waals surface area contributed by atoms with Gasteiger partial charge in [-0.25, -0.2) is 9.59 Å². The molecule has 0 saturated heterocycles. The lowest BCUT2D eigenvalue weighted by Crippen LogP contribution is -2.42. The lowest BCUT2D eigenvalue weighted by molar-refractivity contribution is -0.141. The molecule has 1 atom stereocenters. The number of carbonyl (C=O) groups is 2. The van der Waals surface area contributed by atoms with Gasteiger partial charge in [0, 0.05) is 34.4 Å². The normalized spacial score (nSPS) is 11.9. The number of halogens is 1. The van der Waals surface area contributed by atoms with E-state index in [0.29, 0.717) is 21.9 Å². The van der Waals surface area contributed by atoms with Gasteiger partial charge in [0.2, 0.25) is 5.91 Å². The Kier molecular flexibility index (Phi) is 7.20. The number of carboxylic acid groups (broad SMARTS) is 1. The number of carbonyl (C=O) groups excluding carboxylic acids is 1. The summed E-state index contributed by atoms with van der Waals surface area (Å²) in [7, 11) is 1.55. The van der Waals surface area contributed by atoms with Crippen molar-refractivity contribution in [2.24, 2.45) is 0 Å². The second-order valence-electron chi connectivity index (χ2n) is 7.55. The molecule has 0 aliphatic rings. The summed E-state index contributed by atoms with van der Waals surface area (Å²) in [5, 5.41) is 13.3. The first kappa shape index (κ1) is 23.3. The van der Waals surface area contributed by atoms with Gasteiger partial charge in [-0.1, -0.05) is 23.7 Å². The molecule has 0 aliphatic carbocycles. The minimum atomic E-state index is -1.14. The molecule has 3 rings (SSSR count). The van der Waals surface area contributed by atoms with Gasteiger partial charge in [0.25, 0.3) is 0 Å². The first-order valence-corrected chi connectivity index (χ1v) is 10.5. The third kappa shape index (κ3) is 5.11. The maximum atomic E-state index is 12.6. The van der Waals surface area contributed by atoms with Gasteiger partial charge in [-0.15, -0.1) is 0 Å². The fraction of sp³-hybridized carbons (Fsp3) is 0.292. The SMILES string of the molecule is COc1ccc2c(C)c(CCC(=O)N[C@@H](Cc3ccc(Cl)cc3)C(=O)O)c(=O)oc2c1C. The smallest absolute Gasteiger partial charge is 0.339 e. The Morgan fingerprint density at radius 2 is 1.81 bits per heavy atom. The van der Waals surface area contributed by atoms with E-state index in [9.17, 15) is 19.5 Å². The Morgan fingerprint density at radius 3 is 2.44 bits per heavy atom. The van der Waals surface area contributed by atoms with Gasteiger partial charge in [0.1, 0.15) is 17.4 Å². The zero-order valence-corrected chi connectivity index (χ0v) is 18.8. The molecule has 2 N–H and O–H groups in total. The zero-order valence-electron chi connectivity index (χ0n) is 18.0. The number of methoxy groups -OCH3 is 1. The largest absolute Gasteiger partial charge is 0.496 e. The molecule has 0 bridgehead atoms. The van der Waals surface area contributed by atoms with E-state index in [1.165, 1.54) is 0 Å². The molecular formula is C24H24ClNO6. The van der Waals surface area contributed by atoms with Crippen LogP contribution >= 0.6 is 11.6 Å². The Hall–Kier alpha value is -3.32. The number of fused-ring (bicyclic) bond motifs is 1. The summed E-state index contributed by atoms with van der Waals surface area (Å²) >= 11 is 5.85. The Labute approximate surface area is 190 Å². The van der Waals surface area contributed by atoms with Crippen LogP contribution in [-0.2, 0) is 22.4 Å². The third-order valence-corrected chi connectivity index (χ3v) is 5.71. The van der Waals surface area contributed by atoms with Crippen molar-refractivity contribution in [1.29, 1.82) is 0 Å². The third-order valence-electron chi connectivity index (χ3n) is 5.46. The number of hydrogen-bond donors (Lipinski definition) is 2. The van der Waals surface area contributed by atoms with Gasteiger partial charge in [-0.2, -0.15) is 0 Å². The molecular weight excluding hydrogens is 434 g/mol. The number of nitrogens with one attached hydrogen (secondary N) is 1. The highest BCUT2D eigenvalue weighted by atomic mass is 35.5. The van der Waals surface area contributed by atoms with Crippen LogP contribution < -0.4 is 15.7 Å². The second-order valence-corrected chi connectivity index (χ2v) is 7.99. The van der Waals surface area contributed by atoms with Crippen LogP contribution in [0.3, 0.4) is 0 Å². The van der Waals surface area contributed by atoms with E-state index >= 15 is 0 Å². The molecule has 0 unspecified atom stereocenters. The van der Waals surface area contributed by atoms with Gasteiger partial charge in [-0.3, -0.25) is 4.79 Å². The summed E-state index contributed by atoms with van der Waals surface area (Å²) in [6, 6.07) is 9.28. The number of hydrogen-bond acceptors (Lipinski definition) is 5. The van der Waals surface area contributed by atoms with E-state index in [-0.39, 0.29) is 19.3 Å². The van der Waals surface area contributed by atoms with Crippen LogP contribution in [0.25, 0.3) is 11.0 Å². The number of aryl methyl sites for hydroxylation is 2. The van der Waals surface area contributed by atoms with E-state index in [1.807, 2.05) is 13.0 Å². The predicted octanol–water partition coefficient (Wildman–Crippen LogP) is 3.82. The van der Waals surface area contributed by atoms with E-state index in [4.69, 9.17) is 20.8 Å². The number of ether oxygens (including phenoxy) is 1. The lowest BCUT2D eigenvalue weighted by Gasteiger charge is -2.15. The standard InChI is InChI=1S/C24H24ClNO6/c1-13-17-8-10-20(31-3)14(2)22(17)32-24(30)18(13)9-11-21(27)26-19(23(28)29)12-15-4-6-16(25)7-5-15/h4-8,10,19H,9,11-12H2,1-3H3,(H,26,27)(H,28,29)/t19-/m0/s1. The van der Waals surface area contributed by atoms with E-state index in [0.717, 1.165) is 22.1 Å². The highest BCUT2D eigenvalue weighted by molar-refractivity contribution is 6.30.